The molecule has 0 bridgehead atoms. The monoisotopic (exact) mass is 309 g/mol. The van der Waals surface area contributed by atoms with Crippen LogP contribution >= 0.6 is 0 Å². The van der Waals surface area contributed by atoms with Gasteiger partial charge in [-0.2, -0.15) is 4.80 Å². The Morgan fingerprint density at radius 2 is 1.70 bits per heavy atom. The topological polar surface area (TPSA) is 107 Å². The van der Waals surface area contributed by atoms with E-state index in [1.54, 1.807) is 24.3 Å². The first-order chi connectivity index (χ1) is 11.2. The van der Waals surface area contributed by atoms with Crippen LogP contribution in [0, 0.1) is 0 Å². The molecule has 0 aliphatic rings. The van der Waals surface area contributed by atoms with Gasteiger partial charge in [-0.15, -0.1) is 10.2 Å². The molecule has 1 amide bonds. The summed E-state index contributed by atoms with van der Waals surface area (Å²) >= 11 is 0. The number of benzene rings is 2. The highest BCUT2D eigenvalue weighted by Gasteiger charge is 2.08. The third kappa shape index (κ3) is 3.41. The van der Waals surface area contributed by atoms with Crippen molar-refractivity contribution in [3.05, 3.63) is 65.2 Å². The summed E-state index contributed by atoms with van der Waals surface area (Å²) < 4.78 is 0. The molecule has 3 rings (SSSR count). The minimum absolute atomic E-state index is 0.0211. The molecule has 0 aliphatic heterocycles. The number of primary amides is 1. The number of aliphatic hydroxyl groups excluding tert-OH is 1. The molecule has 0 unspecified atom stereocenters. The van der Waals surface area contributed by atoms with Gasteiger partial charge in [-0.05, 0) is 28.5 Å². The van der Waals surface area contributed by atoms with Crippen molar-refractivity contribution in [2.24, 2.45) is 5.73 Å². The number of tetrazole rings is 1. The fourth-order valence-corrected chi connectivity index (χ4v) is 2.12. The molecule has 1 aromatic heterocycles. The van der Waals surface area contributed by atoms with Crippen LogP contribution in [0.2, 0.25) is 0 Å². The number of nitrogens with zero attached hydrogens (tertiary/aromatic N) is 4. The lowest BCUT2D eigenvalue weighted by molar-refractivity contribution is 0.100. The molecule has 3 aromatic rings. The minimum atomic E-state index is -0.473. The molecule has 23 heavy (non-hydrogen) atoms. The van der Waals surface area contributed by atoms with E-state index in [0.29, 0.717) is 17.9 Å². The number of rotatable bonds is 5. The molecule has 0 radical (unpaired) electrons. The average Bonchev–Trinajstić information content (AvgIpc) is 3.04. The van der Waals surface area contributed by atoms with Gasteiger partial charge < -0.3 is 10.8 Å². The summed E-state index contributed by atoms with van der Waals surface area (Å²) in [4.78, 5) is 12.6. The Hall–Kier alpha value is -3.06. The maximum atomic E-state index is 11.1. The van der Waals surface area contributed by atoms with E-state index in [9.17, 15) is 4.79 Å². The molecule has 1 heterocycles. The molecule has 0 saturated carbocycles. The van der Waals surface area contributed by atoms with Crippen LogP contribution in [0.1, 0.15) is 21.5 Å². The number of hydrogen-bond donors (Lipinski definition) is 2. The first-order valence-corrected chi connectivity index (χ1v) is 7.02. The van der Waals surface area contributed by atoms with Gasteiger partial charge in [-0.3, -0.25) is 4.79 Å². The normalized spacial score (nSPS) is 10.7. The molecule has 2 aromatic carbocycles. The zero-order chi connectivity index (χ0) is 16.2. The molecule has 0 spiro atoms. The van der Waals surface area contributed by atoms with E-state index < -0.39 is 5.91 Å². The largest absolute Gasteiger partial charge is 0.392 e. The predicted octanol–water partition coefficient (Wildman–Crippen LogP) is 0.980. The number of aliphatic hydroxyl groups is 1. The van der Waals surface area contributed by atoms with Gasteiger partial charge in [0.2, 0.25) is 11.7 Å². The van der Waals surface area contributed by atoms with E-state index in [1.807, 2.05) is 24.3 Å². The summed E-state index contributed by atoms with van der Waals surface area (Å²) in [6.45, 7) is 0.505. The molecule has 0 fully saturated rings. The Kier molecular flexibility index (Phi) is 4.11. The van der Waals surface area contributed by atoms with E-state index in [-0.39, 0.29) is 6.61 Å². The Bertz CT molecular complexity index is 809. The number of amides is 1. The molecule has 0 saturated heterocycles. The van der Waals surface area contributed by atoms with E-state index in [0.717, 1.165) is 16.7 Å². The van der Waals surface area contributed by atoms with Gasteiger partial charge in [-0.1, -0.05) is 36.4 Å². The number of hydrogen-bond acceptors (Lipinski definition) is 5. The molecule has 7 heteroatoms. The van der Waals surface area contributed by atoms with Crippen LogP contribution in [0.3, 0.4) is 0 Å². The van der Waals surface area contributed by atoms with Gasteiger partial charge in [0.1, 0.15) is 0 Å². The van der Waals surface area contributed by atoms with Crippen LogP contribution in [0.4, 0.5) is 0 Å². The minimum Gasteiger partial charge on any atom is -0.392 e. The van der Waals surface area contributed by atoms with Gasteiger partial charge in [-0.25, -0.2) is 0 Å². The number of aromatic nitrogens is 4. The van der Waals surface area contributed by atoms with Gasteiger partial charge in [0.05, 0.1) is 13.2 Å². The van der Waals surface area contributed by atoms with Crippen molar-refractivity contribution in [1.29, 1.82) is 0 Å². The molecule has 7 nitrogen and oxygen atoms in total. The third-order valence-electron chi connectivity index (χ3n) is 3.41. The second kappa shape index (κ2) is 6.37. The number of carbonyl (C=O) groups excluding carboxylic acids is 1. The van der Waals surface area contributed by atoms with Crippen LogP contribution in [0.15, 0.2) is 48.5 Å². The Morgan fingerprint density at radius 1 is 1.04 bits per heavy atom. The Labute approximate surface area is 132 Å². The summed E-state index contributed by atoms with van der Waals surface area (Å²) in [7, 11) is 0. The van der Waals surface area contributed by atoms with Gasteiger partial charge >= 0.3 is 0 Å². The van der Waals surface area contributed by atoms with E-state index in [2.05, 4.69) is 15.4 Å². The average molecular weight is 309 g/mol. The van der Waals surface area contributed by atoms with Crippen LogP contribution in [-0.2, 0) is 13.2 Å². The highest BCUT2D eigenvalue weighted by Crippen LogP contribution is 2.14. The van der Waals surface area contributed by atoms with E-state index >= 15 is 0 Å². The first-order valence-electron chi connectivity index (χ1n) is 7.02. The van der Waals surface area contributed by atoms with Crippen molar-refractivity contribution in [2.45, 2.75) is 13.2 Å². The summed E-state index contributed by atoms with van der Waals surface area (Å²) in [5, 5.41) is 21.4. The zero-order valence-electron chi connectivity index (χ0n) is 12.3. The number of nitrogens with two attached hydrogens (primary N) is 1. The lowest BCUT2D eigenvalue weighted by atomic mass is 10.1. The second-order valence-electron chi connectivity index (χ2n) is 5.06. The quantitative estimate of drug-likeness (QED) is 0.730. The molecule has 0 aliphatic carbocycles. The summed E-state index contributed by atoms with van der Waals surface area (Å²) in [6, 6.07) is 14.3. The molecule has 3 N–H and O–H groups in total. The Morgan fingerprint density at radius 3 is 2.30 bits per heavy atom. The van der Waals surface area contributed by atoms with Crippen LogP contribution in [0.5, 0.6) is 0 Å². The van der Waals surface area contributed by atoms with Gasteiger partial charge in [0.15, 0.2) is 0 Å². The fraction of sp³-hybridized carbons (Fsp3) is 0.125. The smallest absolute Gasteiger partial charge is 0.248 e. The highest BCUT2D eigenvalue weighted by atomic mass is 16.3. The van der Waals surface area contributed by atoms with Gasteiger partial charge in [0.25, 0.3) is 0 Å². The first kappa shape index (κ1) is 14.9. The van der Waals surface area contributed by atoms with Crippen molar-refractivity contribution in [2.75, 3.05) is 0 Å². The van der Waals surface area contributed by atoms with Crippen molar-refractivity contribution < 1.29 is 9.90 Å². The van der Waals surface area contributed by atoms with Crippen molar-refractivity contribution in [3.8, 4) is 11.4 Å². The fourth-order valence-electron chi connectivity index (χ4n) is 2.12. The molecular formula is C16H15N5O2. The Balaban J connectivity index is 1.75. The van der Waals surface area contributed by atoms with Gasteiger partial charge in [0, 0.05) is 11.1 Å². The maximum Gasteiger partial charge on any atom is 0.248 e. The second-order valence-corrected chi connectivity index (χ2v) is 5.06. The number of carbonyl (C=O) groups is 1. The third-order valence-corrected chi connectivity index (χ3v) is 3.41. The highest BCUT2D eigenvalue weighted by molar-refractivity contribution is 5.93. The maximum absolute atomic E-state index is 11.1. The summed E-state index contributed by atoms with van der Waals surface area (Å²) in [6.07, 6.45) is 0. The predicted molar refractivity (Wildman–Crippen MR) is 83.2 cm³/mol. The van der Waals surface area contributed by atoms with Crippen molar-refractivity contribution >= 4 is 5.91 Å². The molecule has 116 valence electrons. The van der Waals surface area contributed by atoms with Crippen molar-refractivity contribution in [3.63, 3.8) is 0 Å². The summed E-state index contributed by atoms with van der Waals surface area (Å²) in [5.74, 6) is 0.00693. The van der Waals surface area contributed by atoms with E-state index in [1.165, 1.54) is 4.80 Å². The zero-order valence-corrected chi connectivity index (χ0v) is 12.3. The van der Waals surface area contributed by atoms with Crippen molar-refractivity contribution in [1.82, 2.24) is 20.2 Å². The SMILES string of the molecule is NC(=O)c1ccc(-c2nnn(Cc3ccc(CO)cc3)n2)cc1. The van der Waals surface area contributed by atoms with E-state index in [4.69, 9.17) is 10.8 Å². The van der Waals surface area contributed by atoms with Crippen LogP contribution in [-0.4, -0.2) is 31.2 Å². The van der Waals surface area contributed by atoms with Crippen LogP contribution in [0.25, 0.3) is 11.4 Å². The standard InChI is InChI=1S/C16H15N5O2/c17-15(23)13-5-7-14(8-6-13)16-18-20-21(19-16)9-11-1-3-12(10-22)4-2-11/h1-8,22H,9-10H2,(H2,17,23). The lowest BCUT2D eigenvalue weighted by Gasteiger charge is -2.01. The lowest BCUT2D eigenvalue weighted by Crippen LogP contribution is -2.10. The van der Waals surface area contributed by atoms with Crippen LogP contribution < -0.4 is 5.73 Å². The molecule has 0 atom stereocenters. The molecular weight excluding hydrogens is 294 g/mol. The summed E-state index contributed by atoms with van der Waals surface area (Å²) in [5.41, 5.74) is 8.27.